The number of aromatic nitrogens is 5. The first-order valence-corrected chi connectivity index (χ1v) is 11.7. The quantitative estimate of drug-likeness (QED) is 0.271. The van der Waals surface area contributed by atoms with Gasteiger partial charge in [0.25, 0.3) is 5.91 Å². The Kier molecular flexibility index (Phi) is 6.43. The maximum Gasteiger partial charge on any atom is 0.433 e. The zero-order valence-electron chi connectivity index (χ0n) is 20.4. The number of nitrogens with one attached hydrogen (secondary N) is 1. The van der Waals surface area contributed by atoms with Gasteiger partial charge in [0.2, 0.25) is 0 Å². The van der Waals surface area contributed by atoms with E-state index in [0.29, 0.717) is 15.6 Å². The van der Waals surface area contributed by atoms with Gasteiger partial charge < -0.3 is 5.32 Å². The molecule has 0 aliphatic carbocycles. The van der Waals surface area contributed by atoms with Crippen molar-refractivity contribution in [2.75, 3.05) is 5.32 Å². The van der Waals surface area contributed by atoms with Crippen LogP contribution >= 0.6 is 0 Å². The van der Waals surface area contributed by atoms with Gasteiger partial charge in [0.05, 0.1) is 12.2 Å². The highest BCUT2D eigenvalue weighted by molar-refractivity contribution is 6.03. The summed E-state index contributed by atoms with van der Waals surface area (Å²) in [6, 6.07) is 16.8. The summed E-state index contributed by atoms with van der Waals surface area (Å²) in [6.45, 7) is 4.31. The highest BCUT2D eigenvalue weighted by atomic mass is 19.4. The molecule has 0 radical (unpaired) electrons. The van der Waals surface area contributed by atoms with E-state index in [-0.39, 0.29) is 41.1 Å². The van der Waals surface area contributed by atoms with Crippen molar-refractivity contribution in [3.8, 4) is 11.3 Å². The lowest BCUT2D eigenvalue weighted by molar-refractivity contribution is -0.142. The van der Waals surface area contributed by atoms with Crippen molar-refractivity contribution >= 4 is 17.4 Å². The van der Waals surface area contributed by atoms with Crippen molar-refractivity contribution in [1.82, 2.24) is 24.4 Å². The first kappa shape index (κ1) is 25.1. The minimum atomic E-state index is -4.73. The molecule has 0 saturated heterocycles. The normalized spacial score (nSPS) is 11.9. The fraction of sp³-hybridized carbons (Fsp3) is 0.185. The van der Waals surface area contributed by atoms with E-state index in [0.717, 1.165) is 11.6 Å². The van der Waals surface area contributed by atoms with Gasteiger partial charge in [0.15, 0.2) is 22.9 Å². The van der Waals surface area contributed by atoms with Gasteiger partial charge in [0, 0.05) is 23.9 Å². The summed E-state index contributed by atoms with van der Waals surface area (Å²) in [5, 5.41) is 10.6. The number of rotatable bonds is 6. The molecule has 0 saturated carbocycles. The van der Waals surface area contributed by atoms with Crippen LogP contribution in [0.3, 0.4) is 0 Å². The molecule has 0 aliphatic heterocycles. The third-order valence-corrected chi connectivity index (χ3v) is 5.94. The molecule has 11 heteroatoms. The van der Waals surface area contributed by atoms with Gasteiger partial charge in [-0.05, 0) is 35.2 Å². The highest BCUT2D eigenvalue weighted by Crippen LogP contribution is 2.32. The molecule has 5 aromatic rings. The van der Waals surface area contributed by atoms with E-state index >= 15 is 0 Å². The molecule has 1 N–H and O–H groups in total. The van der Waals surface area contributed by atoms with Crippen LogP contribution in [0, 0.1) is 5.82 Å². The number of fused-ring (bicyclic) bond motifs is 1. The van der Waals surface area contributed by atoms with Crippen LogP contribution in [0.25, 0.3) is 16.9 Å². The lowest BCUT2D eigenvalue weighted by atomic mass is 10.0. The van der Waals surface area contributed by atoms with Crippen molar-refractivity contribution in [2.45, 2.75) is 32.5 Å². The van der Waals surface area contributed by atoms with Crippen molar-refractivity contribution in [3.05, 3.63) is 101 Å². The van der Waals surface area contributed by atoms with Crippen LogP contribution in [0.1, 0.15) is 47.1 Å². The molecule has 5 rings (SSSR count). The predicted octanol–water partition coefficient (Wildman–Crippen LogP) is 6.17. The van der Waals surface area contributed by atoms with E-state index in [1.54, 1.807) is 30.5 Å². The molecule has 3 aromatic heterocycles. The molecule has 2 aromatic carbocycles. The van der Waals surface area contributed by atoms with E-state index in [9.17, 15) is 22.4 Å². The number of carbonyl (C=O) groups is 1. The molecule has 0 fully saturated rings. The van der Waals surface area contributed by atoms with Crippen LogP contribution in [-0.4, -0.2) is 30.3 Å². The van der Waals surface area contributed by atoms with E-state index in [2.05, 4.69) is 20.5 Å². The smallest absolute Gasteiger partial charge is 0.304 e. The van der Waals surface area contributed by atoms with E-state index in [1.165, 1.54) is 28.9 Å². The number of benzene rings is 2. The fourth-order valence-corrected chi connectivity index (χ4v) is 3.99. The Morgan fingerprint density at radius 3 is 2.45 bits per heavy atom. The first-order valence-electron chi connectivity index (χ1n) is 11.7. The molecule has 0 atom stereocenters. The molecule has 0 unspecified atom stereocenters. The molecule has 194 valence electrons. The number of hydrogen-bond donors (Lipinski definition) is 1. The summed E-state index contributed by atoms with van der Waals surface area (Å²) in [5.74, 6) is -0.688. The monoisotopic (exact) mass is 522 g/mol. The minimum Gasteiger partial charge on any atom is -0.304 e. The van der Waals surface area contributed by atoms with Gasteiger partial charge in [-0.25, -0.2) is 13.9 Å². The summed E-state index contributed by atoms with van der Waals surface area (Å²) in [4.78, 5) is 17.2. The van der Waals surface area contributed by atoms with Crippen LogP contribution in [-0.2, 0) is 12.7 Å². The number of hydrogen-bond acceptors (Lipinski definition) is 4. The van der Waals surface area contributed by atoms with Crippen molar-refractivity contribution in [1.29, 1.82) is 0 Å². The van der Waals surface area contributed by atoms with Crippen LogP contribution in [0.5, 0.6) is 0 Å². The lowest BCUT2D eigenvalue weighted by Crippen LogP contribution is -2.16. The third kappa shape index (κ3) is 5.26. The van der Waals surface area contributed by atoms with Gasteiger partial charge in [-0.2, -0.15) is 23.4 Å². The Morgan fingerprint density at radius 2 is 1.76 bits per heavy atom. The average Bonchev–Trinajstić information content (AvgIpc) is 3.49. The maximum atomic E-state index is 13.9. The molecule has 38 heavy (non-hydrogen) atoms. The fourth-order valence-electron chi connectivity index (χ4n) is 3.99. The summed E-state index contributed by atoms with van der Waals surface area (Å²) in [7, 11) is 0. The summed E-state index contributed by atoms with van der Waals surface area (Å²) < 4.78 is 57.3. The van der Waals surface area contributed by atoms with E-state index in [4.69, 9.17) is 0 Å². The van der Waals surface area contributed by atoms with Crippen LogP contribution in [0.4, 0.5) is 23.4 Å². The van der Waals surface area contributed by atoms with Crippen LogP contribution < -0.4 is 5.32 Å². The second-order valence-electron chi connectivity index (χ2n) is 9.08. The largest absolute Gasteiger partial charge is 0.433 e. The number of halogens is 4. The molecule has 7 nitrogen and oxygen atoms in total. The zero-order chi connectivity index (χ0) is 27.0. The Bertz CT molecular complexity index is 1620. The molecule has 0 spiro atoms. The molecular formula is C27H22F4N6O. The molecule has 0 aliphatic rings. The van der Waals surface area contributed by atoms with E-state index < -0.39 is 17.8 Å². The molecule has 3 heterocycles. The minimum absolute atomic E-state index is 0.114. The number of amides is 1. The zero-order valence-corrected chi connectivity index (χ0v) is 20.4. The van der Waals surface area contributed by atoms with E-state index in [1.807, 2.05) is 26.0 Å². The third-order valence-electron chi connectivity index (χ3n) is 5.94. The second-order valence-corrected chi connectivity index (χ2v) is 9.08. The Hall–Kier alpha value is -4.54. The lowest BCUT2D eigenvalue weighted by Gasteiger charge is -2.11. The molecular weight excluding hydrogens is 500 g/mol. The highest BCUT2D eigenvalue weighted by Gasteiger charge is 2.35. The predicted molar refractivity (Wildman–Crippen MR) is 133 cm³/mol. The van der Waals surface area contributed by atoms with Gasteiger partial charge in [-0.15, -0.1) is 0 Å². The van der Waals surface area contributed by atoms with Gasteiger partial charge >= 0.3 is 6.18 Å². The summed E-state index contributed by atoms with van der Waals surface area (Å²) in [5.41, 5.74) is 0.921. The topological polar surface area (TPSA) is 77.1 Å². The van der Waals surface area contributed by atoms with Crippen LogP contribution in [0.15, 0.2) is 72.9 Å². The first-order chi connectivity index (χ1) is 18.1. The Balaban J connectivity index is 1.42. The SMILES string of the molecule is CC(C)c1ccc(-c2cc(C(F)(F)F)n3nc(C(=O)Nc4ccn(Cc5cccc(F)c5)n4)cc3n2)cc1. The number of carbonyl (C=O) groups excluding carboxylic acids is 1. The number of nitrogens with zero attached hydrogens (tertiary/aromatic N) is 5. The Morgan fingerprint density at radius 1 is 1.00 bits per heavy atom. The average molecular weight is 523 g/mol. The summed E-state index contributed by atoms with van der Waals surface area (Å²) in [6.07, 6.45) is -3.15. The number of anilines is 1. The van der Waals surface area contributed by atoms with Crippen molar-refractivity contribution < 1.29 is 22.4 Å². The standard InChI is InChI=1S/C27H22F4N6O/c1-16(2)18-6-8-19(9-7-18)21-13-23(27(29,30)31)37-25(32-21)14-22(34-37)26(38)33-24-10-11-36(35-24)15-17-4-3-5-20(28)12-17/h3-14,16H,15H2,1-2H3,(H,33,35,38). The molecule has 1 amide bonds. The van der Waals surface area contributed by atoms with Crippen LogP contribution in [0.2, 0.25) is 0 Å². The van der Waals surface area contributed by atoms with Crippen molar-refractivity contribution in [2.24, 2.45) is 0 Å². The second kappa shape index (κ2) is 9.73. The molecule has 0 bridgehead atoms. The van der Waals surface area contributed by atoms with Gasteiger partial charge in [-0.1, -0.05) is 50.2 Å². The Labute approximate surface area is 214 Å². The number of alkyl halides is 3. The summed E-state index contributed by atoms with van der Waals surface area (Å²) >= 11 is 0. The van der Waals surface area contributed by atoms with Gasteiger partial charge in [-0.3, -0.25) is 9.48 Å². The van der Waals surface area contributed by atoms with Crippen molar-refractivity contribution in [3.63, 3.8) is 0 Å². The maximum absolute atomic E-state index is 13.9. The van der Waals surface area contributed by atoms with Gasteiger partial charge in [0.1, 0.15) is 5.82 Å².